The fourth-order valence-electron chi connectivity index (χ4n) is 3.40. The van der Waals surface area contributed by atoms with E-state index in [0.29, 0.717) is 18.2 Å². The Morgan fingerprint density at radius 2 is 1.92 bits per heavy atom. The normalized spacial score (nSPS) is 23.6. The van der Waals surface area contributed by atoms with Gasteiger partial charge in [0.15, 0.2) is 5.17 Å². The Kier molecular flexibility index (Phi) is 6.24. The van der Waals surface area contributed by atoms with Crippen LogP contribution in [0.4, 0.5) is 11.4 Å². The van der Waals surface area contributed by atoms with Crippen molar-refractivity contribution < 1.29 is 4.79 Å². The van der Waals surface area contributed by atoms with Gasteiger partial charge in [-0.1, -0.05) is 37.4 Å². The molecule has 2 fully saturated rings. The number of aliphatic imine (C=N–C) groups is 1. The first-order valence-electron chi connectivity index (χ1n) is 9.20. The molecule has 3 rings (SSSR count). The van der Waals surface area contributed by atoms with Gasteiger partial charge in [-0.2, -0.15) is 0 Å². The van der Waals surface area contributed by atoms with E-state index in [1.54, 1.807) is 23.9 Å². The molecule has 0 radical (unpaired) electrons. The van der Waals surface area contributed by atoms with Crippen LogP contribution >= 0.6 is 11.8 Å². The quantitative estimate of drug-likeness (QED) is 0.634. The summed E-state index contributed by atoms with van der Waals surface area (Å²) in [6.45, 7) is 0. The van der Waals surface area contributed by atoms with Crippen molar-refractivity contribution in [2.24, 2.45) is 4.99 Å². The summed E-state index contributed by atoms with van der Waals surface area (Å²) in [4.78, 5) is 19.5. The van der Waals surface area contributed by atoms with E-state index in [2.05, 4.69) is 17.3 Å². The number of anilines is 2. The number of nitrogen functional groups attached to an aromatic ring is 1. The van der Waals surface area contributed by atoms with Gasteiger partial charge in [-0.3, -0.25) is 9.79 Å². The number of carbonyl (C=O) groups excluding carboxylic acids is 1. The molecule has 1 unspecified atom stereocenters. The molecule has 1 amide bonds. The van der Waals surface area contributed by atoms with E-state index in [0.717, 1.165) is 16.6 Å². The molecule has 1 aliphatic heterocycles. The molecule has 6 heteroatoms. The number of carbonyl (C=O) groups is 1. The number of hydrogen-bond donors (Lipinski definition) is 2. The molecule has 1 saturated heterocycles. The van der Waals surface area contributed by atoms with Gasteiger partial charge in [0.1, 0.15) is 0 Å². The maximum Gasteiger partial charge on any atom is 0.226 e. The van der Waals surface area contributed by atoms with Crippen LogP contribution in [0.2, 0.25) is 0 Å². The summed E-state index contributed by atoms with van der Waals surface area (Å²) in [6, 6.07) is 7.94. The molecular weight excluding hydrogens is 332 g/mol. The molecule has 3 N–H and O–H groups in total. The molecule has 1 saturated carbocycles. The van der Waals surface area contributed by atoms with E-state index in [9.17, 15) is 4.79 Å². The molecule has 2 aliphatic rings. The van der Waals surface area contributed by atoms with Crippen molar-refractivity contribution in [1.29, 1.82) is 0 Å². The van der Waals surface area contributed by atoms with E-state index in [1.807, 2.05) is 12.1 Å². The van der Waals surface area contributed by atoms with Crippen molar-refractivity contribution in [2.45, 2.75) is 57.0 Å². The molecule has 1 heterocycles. The smallest absolute Gasteiger partial charge is 0.226 e. The lowest BCUT2D eigenvalue weighted by Gasteiger charge is -2.21. The minimum absolute atomic E-state index is 0.0398. The molecule has 1 aromatic rings. The van der Waals surface area contributed by atoms with E-state index in [1.165, 1.54) is 38.5 Å². The highest BCUT2D eigenvalue weighted by Crippen LogP contribution is 2.28. The van der Waals surface area contributed by atoms with Crippen molar-refractivity contribution in [3.63, 3.8) is 0 Å². The zero-order chi connectivity index (χ0) is 17.6. The molecule has 1 aromatic carbocycles. The van der Waals surface area contributed by atoms with Gasteiger partial charge in [0, 0.05) is 36.6 Å². The predicted octanol–water partition coefficient (Wildman–Crippen LogP) is 3.72. The first-order chi connectivity index (χ1) is 12.1. The Balaban J connectivity index is 1.53. The minimum Gasteiger partial charge on any atom is -0.399 e. The Hall–Kier alpha value is -1.69. The second-order valence-electron chi connectivity index (χ2n) is 7.01. The van der Waals surface area contributed by atoms with E-state index in [-0.39, 0.29) is 11.9 Å². The zero-order valence-corrected chi connectivity index (χ0v) is 15.7. The zero-order valence-electron chi connectivity index (χ0n) is 14.9. The number of rotatable bonds is 4. The van der Waals surface area contributed by atoms with Crippen LogP contribution in [0, 0.1) is 0 Å². The fraction of sp³-hybridized carbons (Fsp3) is 0.579. The van der Waals surface area contributed by atoms with Crippen molar-refractivity contribution in [2.75, 3.05) is 23.9 Å². The monoisotopic (exact) mass is 360 g/mol. The van der Waals surface area contributed by atoms with Crippen molar-refractivity contribution in [3.05, 3.63) is 24.3 Å². The van der Waals surface area contributed by atoms with Gasteiger partial charge in [-0.15, -0.1) is 0 Å². The van der Waals surface area contributed by atoms with Crippen LogP contribution in [0.3, 0.4) is 0 Å². The highest BCUT2D eigenvalue weighted by atomic mass is 32.2. The van der Waals surface area contributed by atoms with Gasteiger partial charge in [0.2, 0.25) is 5.91 Å². The van der Waals surface area contributed by atoms with Gasteiger partial charge < -0.3 is 16.0 Å². The summed E-state index contributed by atoms with van der Waals surface area (Å²) in [5.74, 6) is 0.968. The Labute approximate surface area is 154 Å². The molecule has 0 bridgehead atoms. The third kappa shape index (κ3) is 5.14. The lowest BCUT2D eigenvalue weighted by Crippen LogP contribution is -2.34. The third-order valence-corrected chi connectivity index (χ3v) is 6.19. The number of amidine groups is 1. The lowest BCUT2D eigenvalue weighted by atomic mass is 10.1. The largest absolute Gasteiger partial charge is 0.399 e. The Morgan fingerprint density at radius 3 is 2.60 bits per heavy atom. The molecule has 1 atom stereocenters. The Bertz CT molecular complexity index is 608. The lowest BCUT2D eigenvalue weighted by molar-refractivity contribution is -0.116. The molecule has 0 aromatic heterocycles. The van der Waals surface area contributed by atoms with Gasteiger partial charge in [-0.05, 0) is 37.1 Å². The summed E-state index contributed by atoms with van der Waals surface area (Å²) in [6.07, 6.45) is 8.18. The van der Waals surface area contributed by atoms with Gasteiger partial charge >= 0.3 is 0 Å². The number of nitrogens with two attached hydrogens (primary N) is 1. The SMILES string of the molecule is CN1C(=NC2CCCCCC2)SCC1CC(=O)Nc1ccc(N)cc1. The molecule has 136 valence electrons. The molecular formula is C19H28N4OS. The van der Waals surface area contributed by atoms with E-state index in [4.69, 9.17) is 10.7 Å². The average molecular weight is 361 g/mol. The summed E-state index contributed by atoms with van der Waals surface area (Å²) < 4.78 is 0. The third-order valence-electron chi connectivity index (χ3n) is 4.99. The predicted molar refractivity (Wildman–Crippen MR) is 107 cm³/mol. The number of nitrogens with one attached hydrogen (secondary N) is 1. The van der Waals surface area contributed by atoms with Crippen LogP contribution in [0.15, 0.2) is 29.3 Å². The van der Waals surface area contributed by atoms with Crippen LogP contribution in [-0.4, -0.2) is 40.9 Å². The number of amides is 1. The standard InChI is InChI=1S/C19H28N4OS/c1-23-17(12-18(24)21-16-10-8-14(20)9-11-16)13-25-19(23)22-15-6-4-2-3-5-7-15/h8-11,15,17H,2-7,12-13,20H2,1H3,(H,21,24). The van der Waals surface area contributed by atoms with Crippen molar-refractivity contribution >= 4 is 34.2 Å². The maximum atomic E-state index is 12.3. The maximum absolute atomic E-state index is 12.3. The van der Waals surface area contributed by atoms with E-state index < -0.39 is 0 Å². The number of nitrogens with zero attached hydrogens (tertiary/aromatic N) is 2. The summed E-state index contributed by atoms with van der Waals surface area (Å²) in [7, 11) is 2.07. The Morgan fingerprint density at radius 1 is 1.24 bits per heavy atom. The molecule has 25 heavy (non-hydrogen) atoms. The highest BCUT2D eigenvalue weighted by Gasteiger charge is 2.29. The second-order valence-corrected chi connectivity index (χ2v) is 7.99. The van der Waals surface area contributed by atoms with Crippen molar-refractivity contribution in [1.82, 2.24) is 4.90 Å². The molecule has 1 aliphatic carbocycles. The minimum atomic E-state index is 0.0398. The first kappa shape index (κ1) is 18.1. The highest BCUT2D eigenvalue weighted by molar-refractivity contribution is 8.14. The summed E-state index contributed by atoms with van der Waals surface area (Å²) in [5.41, 5.74) is 7.16. The fourth-order valence-corrected chi connectivity index (χ4v) is 4.66. The summed E-state index contributed by atoms with van der Waals surface area (Å²) >= 11 is 1.79. The van der Waals surface area contributed by atoms with Crippen molar-refractivity contribution in [3.8, 4) is 0 Å². The van der Waals surface area contributed by atoms with Crippen LogP contribution < -0.4 is 11.1 Å². The second kappa shape index (κ2) is 8.61. The van der Waals surface area contributed by atoms with Gasteiger partial charge in [0.05, 0.1) is 6.04 Å². The van der Waals surface area contributed by atoms with Crippen LogP contribution in [0.1, 0.15) is 44.9 Å². The summed E-state index contributed by atoms with van der Waals surface area (Å²) in [5, 5.41) is 4.06. The van der Waals surface area contributed by atoms with Gasteiger partial charge in [0.25, 0.3) is 0 Å². The van der Waals surface area contributed by atoms with E-state index >= 15 is 0 Å². The van der Waals surface area contributed by atoms with Crippen LogP contribution in [0.5, 0.6) is 0 Å². The number of hydrogen-bond acceptors (Lipinski definition) is 4. The first-order valence-corrected chi connectivity index (χ1v) is 10.2. The van der Waals surface area contributed by atoms with Crippen LogP contribution in [-0.2, 0) is 4.79 Å². The molecule has 0 spiro atoms. The average Bonchev–Trinajstić information content (AvgIpc) is 2.79. The topological polar surface area (TPSA) is 70.7 Å². The number of thioether (sulfide) groups is 1. The molecule has 5 nitrogen and oxygen atoms in total. The van der Waals surface area contributed by atoms with Crippen LogP contribution in [0.25, 0.3) is 0 Å². The number of benzene rings is 1. The van der Waals surface area contributed by atoms with Gasteiger partial charge in [-0.25, -0.2) is 0 Å².